The Labute approximate surface area is 101 Å². The summed E-state index contributed by atoms with van der Waals surface area (Å²) in [5.41, 5.74) is 0.749. The van der Waals surface area contributed by atoms with E-state index in [1.165, 1.54) is 6.08 Å². The normalized spacial score (nSPS) is 14.1. The molecule has 0 bridgehead atoms. The molecule has 0 saturated carbocycles. The van der Waals surface area contributed by atoms with Crippen LogP contribution >= 0.6 is 15.9 Å². The van der Waals surface area contributed by atoms with Crippen LogP contribution in [-0.2, 0) is 4.79 Å². The van der Waals surface area contributed by atoms with Gasteiger partial charge in [-0.25, -0.2) is 4.79 Å². The number of aliphatic carboxylic acids is 1. The van der Waals surface area contributed by atoms with Crippen LogP contribution in [-0.4, -0.2) is 24.3 Å². The second-order valence-electron chi connectivity index (χ2n) is 3.20. The maximum Gasteiger partial charge on any atom is 0.328 e. The molecule has 1 aliphatic heterocycles. The fourth-order valence-corrected chi connectivity index (χ4v) is 1.97. The van der Waals surface area contributed by atoms with Crippen molar-refractivity contribution in [3.8, 4) is 11.5 Å². The summed E-state index contributed by atoms with van der Waals surface area (Å²) in [5.74, 6) is 0.315. The molecule has 0 radical (unpaired) electrons. The van der Waals surface area contributed by atoms with E-state index in [0.717, 1.165) is 16.1 Å². The molecule has 1 aromatic rings. The van der Waals surface area contributed by atoms with Gasteiger partial charge in [0, 0.05) is 6.08 Å². The number of benzene rings is 1. The lowest BCUT2D eigenvalue weighted by atomic mass is 10.2. The summed E-state index contributed by atoms with van der Waals surface area (Å²) in [7, 11) is 0. The molecule has 0 aromatic heterocycles. The Bertz CT molecular complexity index is 454. The number of hydrogen-bond donors (Lipinski definition) is 1. The first-order chi connectivity index (χ1) is 7.66. The van der Waals surface area contributed by atoms with E-state index in [4.69, 9.17) is 14.6 Å². The monoisotopic (exact) mass is 284 g/mol. The molecule has 0 unspecified atom stereocenters. The molecule has 2 rings (SSSR count). The van der Waals surface area contributed by atoms with E-state index in [2.05, 4.69) is 15.9 Å². The average Bonchev–Trinajstić information content (AvgIpc) is 2.26. The van der Waals surface area contributed by atoms with Crippen LogP contribution in [0.1, 0.15) is 5.56 Å². The van der Waals surface area contributed by atoms with Gasteiger partial charge in [-0.1, -0.05) is 0 Å². The van der Waals surface area contributed by atoms with E-state index in [0.29, 0.717) is 24.7 Å². The second kappa shape index (κ2) is 4.57. The fourth-order valence-electron chi connectivity index (χ4n) is 1.39. The van der Waals surface area contributed by atoms with Crippen LogP contribution in [0.15, 0.2) is 22.7 Å². The van der Waals surface area contributed by atoms with Gasteiger partial charge in [-0.2, -0.15) is 0 Å². The largest absolute Gasteiger partial charge is 0.486 e. The van der Waals surface area contributed by atoms with Crippen LogP contribution in [0, 0.1) is 0 Å². The predicted octanol–water partition coefficient (Wildman–Crippen LogP) is 2.32. The zero-order chi connectivity index (χ0) is 11.5. The van der Waals surface area contributed by atoms with Crippen molar-refractivity contribution < 1.29 is 19.4 Å². The minimum atomic E-state index is -0.981. The number of carboxylic acids is 1. The summed E-state index contributed by atoms with van der Waals surface area (Å²) < 4.78 is 11.6. The van der Waals surface area contributed by atoms with Gasteiger partial charge in [0.1, 0.15) is 13.2 Å². The van der Waals surface area contributed by atoms with Crippen LogP contribution in [0.2, 0.25) is 0 Å². The van der Waals surface area contributed by atoms with E-state index >= 15 is 0 Å². The van der Waals surface area contributed by atoms with Crippen LogP contribution in [0.4, 0.5) is 0 Å². The number of hydrogen-bond acceptors (Lipinski definition) is 3. The number of carbonyl (C=O) groups is 1. The van der Waals surface area contributed by atoms with E-state index in [1.54, 1.807) is 12.1 Å². The third-order valence-corrected chi connectivity index (χ3v) is 2.63. The van der Waals surface area contributed by atoms with E-state index in [1.807, 2.05) is 0 Å². The number of carboxylic acid groups (broad SMARTS) is 1. The first kappa shape index (κ1) is 11.0. The van der Waals surface area contributed by atoms with Crippen molar-refractivity contribution in [2.75, 3.05) is 13.2 Å². The Morgan fingerprint density at radius 2 is 2.12 bits per heavy atom. The minimum absolute atomic E-state index is 0.505. The molecular formula is C11H9BrO4. The molecular weight excluding hydrogens is 276 g/mol. The van der Waals surface area contributed by atoms with Crippen molar-refractivity contribution >= 4 is 28.0 Å². The highest BCUT2D eigenvalue weighted by Crippen LogP contribution is 2.38. The smallest absolute Gasteiger partial charge is 0.328 e. The van der Waals surface area contributed by atoms with Gasteiger partial charge in [0.2, 0.25) is 0 Å². The Morgan fingerprint density at radius 3 is 2.88 bits per heavy atom. The number of fused-ring (bicyclic) bond motifs is 1. The summed E-state index contributed by atoms with van der Waals surface area (Å²) in [4.78, 5) is 10.4. The van der Waals surface area contributed by atoms with Gasteiger partial charge in [-0.05, 0) is 39.7 Å². The van der Waals surface area contributed by atoms with Crippen molar-refractivity contribution in [2.45, 2.75) is 0 Å². The van der Waals surface area contributed by atoms with Gasteiger partial charge >= 0.3 is 5.97 Å². The molecule has 1 aromatic carbocycles. The van der Waals surface area contributed by atoms with Crippen LogP contribution in [0.25, 0.3) is 6.08 Å². The molecule has 0 fully saturated rings. The lowest BCUT2D eigenvalue weighted by molar-refractivity contribution is -0.131. The standard InChI is InChI=1S/C11H9BrO4/c12-8-5-7(1-2-10(13)14)6-9-11(8)16-4-3-15-9/h1-2,5-6H,3-4H2,(H,13,14)/b2-1-. The maximum atomic E-state index is 10.4. The number of halogens is 1. The molecule has 16 heavy (non-hydrogen) atoms. The highest BCUT2D eigenvalue weighted by atomic mass is 79.9. The van der Waals surface area contributed by atoms with Gasteiger partial charge in [0.05, 0.1) is 4.47 Å². The average molecular weight is 285 g/mol. The third-order valence-electron chi connectivity index (χ3n) is 2.04. The summed E-state index contributed by atoms with van der Waals surface area (Å²) in [5, 5.41) is 8.53. The molecule has 0 spiro atoms. The quantitative estimate of drug-likeness (QED) is 0.847. The van der Waals surface area contributed by atoms with E-state index in [9.17, 15) is 4.79 Å². The molecule has 1 N–H and O–H groups in total. The Hall–Kier alpha value is -1.49. The van der Waals surface area contributed by atoms with Gasteiger partial charge in [0.25, 0.3) is 0 Å². The third kappa shape index (κ3) is 2.36. The van der Waals surface area contributed by atoms with E-state index in [-0.39, 0.29) is 0 Å². The first-order valence-corrected chi connectivity index (χ1v) is 5.46. The molecule has 0 amide bonds. The van der Waals surface area contributed by atoms with Gasteiger partial charge in [0.15, 0.2) is 11.5 Å². The van der Waals surface area contributed by atoms with Gasteiger partial charge in [-0.3, -0.25) is 0 Å². The van der Waals surface area contributed by atoms with Crippen molar-refractivity contribution in [2.24, 2.45) is 0 Å². The number of rotatable bonds is 2. The van der Waals surface area contributed by atoms with Crippen molar-refractivity contribution in [1.29, 1.82) is 0 Å². The highest BCUT2D eigenvalue weighted by molar-refractivity contribution is 9.10. The SMILES string of the molecule is O=C(O)/C=C\c1cc(Br)c2c(c1)OCCO2. The Morgan fingerprint density at radius 1 is 1.38 bits per heavy atom. The highest BCUT2D eigenvalue weighted by Gasteiger charge is 2.15. The van der Waals surface area contributed by atoms with Crippen molar-refractivity contribution in [3.05, 3.63) is 28.2 Å². The Balaban J connectivity index is 2.35. The van der Waals surface area contributed by atoms with Gasteiger partial charge in [-0.15, -0.1) is 0 Å². The molecule has 0 saturated heterocycles. The fraction of sp³-hybridized carbons (Fsp3) is 0.182. The summed E-state index contributed by atoms with van der Waals surface area (Å²) in [6, 6.07) is 3.53. The molecule has 84 valence electrons. The summed E-state index contributed by atoms with van der Waals surface area (Å²) in [6.07, 6.45) is 2.59. The van der Waals surface area contributed by atoms with Gasteiger partial charge < -0.3 is 14.6 Å². The zero-order valence-corrected chi connectivity index (χ0v) is 9.86. The molecule has 4 nitrogen and oxygen atoms in total. The van der Waals surface area contributed by atoms with Crippen LogP contribution < -0.4 is 9.47 Å². The number of ether oxygens (including phenoxy) is 2. The zero-order valence-electron chi connectivity index (χ0n) is 8.27. The maximum absolute atomic E-state index is 10.4. The van der Waals surface area contributed by atoms with Crippen molar-refractivity contribution in [1.82, 2.24) is 0 Å². The Kier molecular flexibility index (Phi) is 3.14. The molecule has 1 aliphatic rings. The first-order valence-electron chi connectivity index (χ1n) is 4.67. The lowest BCUT2D eigenvalue weighted by Crippen LogP contribution is -2.15. The van der Waals surface area contributed by atoms with E-state index < -0.39 is 5.97 Å². The van der Waals surface area contributed by atoms with Crippen LogP contribution in [0.3, 0.4) is 0 Å². The summed E-state index contributed by atoms with van der Waals surface area (Å²) in [6.45, 7) is 1.03. The van der Waals surface area contributed by atoms with Crippen molar-refractivity contribution in [3.63, 3.8) is 0 Å². The topological polar surface area (TPSA) is 55.8 Å². The lowest BCUT2D eigenvalue weighted by Gasteiger charge is -2.19. The molecule has 1 heterocycles. The minimum Gasteiger partial charge on any atom is -0.486 e. The predicted molar refractivity (Wildman–Crippen MR) is 61.8 cm³/mol. The molecule has 0 atom stereocenters. The summed E-state index contributed by atoms with van der Waals surface area (Å²) >= 11 is 3.35. The van der Waals surface area contributed by atoms with Crippen LogP contribution in [0.5, 0.6) is 11.5 Å². The second-order valence-corrected chi connectivity index (χ2v) is 4.05. The molecule has 0 aliphatic carbocycles. The molecule has 5 heteroatoms.